The minimum absolute atomic E-state index is 0.416. The van der Waals surface area contributed by atoms with Crippen molar-refractivity contribution in [3.05, 3.63) is 16.1 Å². The van der Waals surface area contributed by atoms with E-state index in [-0.39, 0.29) is 0 Å². The van der Waals surface area contributed by atoms with Gasteiger partial charge in [-0.15, -0.1) is 11.3 Å². The van der Waals surface area contributed by atoms with Gasteiger partial charge in [0.2, 0.25) is 0 Å². The fraction of sp³-hybridized carbons (Fsp3) is 0.812. The molecule has 1 fully saturated rings. The van der Waals surface area contributed by atoms with Crippen LogP contribution in [0.2, 0.25) is 0 Å². The maximum Gasteiger partial charge on any atom is 0.0897 e. The molecule has 1 heterocycles. The number of nitrogens with zero attached hydrogens (tertiary/aromatic N) is 1. The van der Waals surface area contributed by atoms with E-state index in [9.17, 15) is 0 Å². The summed E-state index contributed by atoms with van der Waals surface area (Å²) < 4.78 is 0. The Labute approximate surface area is 122 Å². The van der Waals surface area contributed by atoms with E-state index in [1.165, 1.54) is 55.8 Å². The highest BCUT2D eigenvalue weighted by Gasteiger charge is 2.31. The van der Waals surface area contributed by atoms with E-state index >= 15 is 0 Å². The molecule has 0 aromatic carbocycles. The molecule has 0 amide bonds. The van der Waals surface area contributed by atoms with Gasteiger partial charge in [-0.1, -0.05) is 26.7 Å². The van der Waals surface area contributed by atoms with Crippen molar-refractivity contribution >= 4 is 11.3 Å². The van der Waals surface area contributed by atoms with Gasteiger partial charge in [-0.25, -0.2) is 4.98 Å². The Bertz CT molecular complexity index is 384. The number of rotatable bonds is 9. The smallest absolute Gasteiger partial charge is 0.0897 e. The van der Waals surface area contributed by atoms with Gasteiger partial charge in [-0.05, 0) is 44.4 Å². The lowest BCUT2D eigenvalue weighted by Crippen LogP contribution is -2.37. The number of thiazole rings is 1. The molecule has 0 spiro atoms. The van der Waals surface area contributed by atoms with Crippen LogP contribution < -0.4 is 5.32 Å². The van der Waals surface area contributed by atoms with Crippen molar-refractivity contribution in [3.8, 4) is 0 Å². The first kappa shape index (κ1) is 15.0. The summed E-state index contributed by atoms with van der Waals surface area (Å²) in [6, 6.07) is 0.810. The predicted octanol–water partition coefficient (Wildman–Crippen LogP) is 4.33. The molecule has 1 aromatic rings. The van der Waals surface area contributed by atoms with Gasteiger partial charge in [0.1, 0.15) is 0 Å². The standard InChI is InChI=1S/C16H28N2S/c1-4-6-9-16(5-2,12-17-14-7-8-14)10-15-11-19-13(3)18-15/h11,14,17H,4-10,12H2,1-3H3. The van der Waals surface area contributed by atoms with Crippen LogP contribution >= 0.6 is 11.3 Å². The van der Waals surface area contributed by atoms with E-state index in [1.54, 1.807) is 11.3 Å². The maximum absolute atomic E-state index is 4.69. The first-order valence-corrected chi connectivity index (χ1v) is 8.70. The fourth-order valence-electron chi connectivity index (χ4n) is 2.74. The molecule has 0 bridgehead atoms. The topological polar surface area (TPSA) is 24.9 Å². The van der Waals surface area contributed by atoms with Gasteiger partial charge >= 0.3 is 0 Å². The molecule has 0 aliphatic heterocycles. The van der Waals surface area contributed by atoms with Crippen molar-refractivity contribution in [3.63, 3.8) is 0 Å². The fourth-order valence-corrected chi connectivity index (χ4v) is 3.35. The van der Waals surface area contributed by atoms with Crippen molar-refractivity contribution in [2.45, 2.75) is 71.8 Å². The molecule has 2 rings (SSSR count). The lowest BCUT2D eigenvalue weighted by molar-refractivity contribution is 0.226. The van der Waals surface area contributed by atoms with Crippen LogP contribution in [0.5, 0.6) is 0 Å². The zero-order valence-electron chi connectivity index (χ0n) is 12.7. The molecule has 1 atom stereocenters. The average molecular weight is 280 g/mol. The van der Waals surface area contributed by atoms with E-state index in [1.807, 2.05) is 0 Å². The minimum atomic E-state index is 0.416. The molecular formula is C16H28N2S. The van der Waals surface area contributed by atoms with Crippen molar-refractivity contribution in [2.75, 3.05) is 6.54 Å². The Morgan fingerprint density at radius 1 is 1.42 bits per heavy atom. The lowest BCUT2D eigenvalue weighted by atomic mass is 9.76. The highest BCUT2D eigenvalue weighted by molar-refractivity contribution is 7.09. The Morgan fingerprint density at radius 2 is 2.21 bits per heavy atom. The van der Waals surface area contributed by atoms with Crippen LogP contribution in [0.25, 0.3) is 0 Å². The second-order valence-electron chi connectivity index (χ2n) is 6.15. The molecule has 1 aliphatic carbocycles. The highest BCUT2D eigenvalue weighted by Crippen LogP contribution is 2.34. The second-order valence-corrected chi connectivity index (χ2v) is 7.21. The Morgan fingerprint density at radius 3 is 2.74 bits per heavy atom. The first-order chi connectivity index (χ1) is 9.17. The van der Waals surface area contributed by atoms with E-state index in [0.29, 0.717) is 5.41 Å². The molecule has 1 aromatic heterocycles. The third-order valence-electron chi connectivity index (χ3n) is 4.38. The molecule has 1 aliphatic rings. The number of nitrogens with one attached hydrogen (secondary N) is 1. The zero-order valence-corrected chi connectivity index (χ0v) is 13.5. The summed E-state index contributed by atoms with van der Waals surface area (Å²) >= 11 is 1.78. The van der Waals surface area contributed by atoms with Gasteiger partial charge in [0.25, 0.3) is 0 Å². The van der Waals surface area contributed by atoms with E-state index in [0.717, 1.165) is 12.5 Å². The Balaban J connectivity index is 2.00. The molecule has 3 heteroatoms. The molecule has 108 valence electrons. The number of aromatic nitrogens is 1. The van der Waals surface area contributed by atoms with E-state index < -0.39 is 0 Å². The molecule has 1 saturated carbocycles. The summed E-state index contributed by atoms with van der Waals surface area (Å²) in [6.45, 7) is 7.92. The summed E-state index contributed by atoms with van der Waals surface area (Å²) in [6.07, 6.45) is 9.12. The summed E-state index contributed by atoms with van der Waals surface area (Å²) in [5, 5.41) is 7.21. The van der Waals surface area contributed by atoms with Gasteiger partial charge in [-0.3, -0.25) is 0 Å². The quantitative estimate of drug-likeness (QED) is 0.728. The van der Waals surface area contributed by atoms with Crippen molar-refractivity contribution in [1.29, 1.82) is 0 Å². The number of hydrogen-bond donors (Lipinski definition) is 1. The summed E-state index contributed by atoms with van der Waals surface area (Å²) in [7, 11) is 0. The molecule has 1 unspecified atom stereocenters. The zero-order chi connectivity index (χ0) is 13.7. The lowest BCUT2D eigenvalue weighted by Gasteiger charge is -2.33. The van der Waals surface area contributed by atoms with Crippen LogP contribution in [0.4, 0.5) is 0 Å². The van der Waals surface area contributed by atoms with Crippen LogP contribution in [-0.2, 0) is 6.42 Å². The summed E-state index contributed by atoms with van der Waals surface area (Å²) in [4.78, 5) is 4.69. The first-order valence-electron chi connectivity index (χ1n) is 7.82. The third-order valence-corrected chi connectivity index (χ3v) is 5.20. The predicted molar refractivity (Wildman–Crippen MR) is 83.8 cm³/mol. The largest absolute Gasteiger partial charge is 0.313 e. The molecule has 19 heavy (non-hydrogen) atoms. The SMILES string of the molecule is CCCCC(CC)(CNC1CC1)Cc1csc(C)n1. The number of aryl methyl sites for hydroxylation is 1. The summed E-state index contributed by atoms with van der Waals surface area (Å²) in [5.74, 6) is 0. The van der Waals surface area contributed by atoms with Crippen LogP contribution in [-0.4, -0.2) is 17.6 Å². The van der Waals surface area contributed by atoms with Gasteiger partial charge in [0.05, 0.1) is 10.7 Å². The van der Waals surface area contributed by atoms with Crippen molar-refractivity contribution in [2.24, 2.45) is 5.41 Å². The molecule has 1 N–H and O–H groups in total. The van der Waals surface area contributed by atoms with Crippen molar-refractivity contribution in [1.82, 2.24) is 10.3 Å². The van der Waals surface area contributed by atoms with Gasteiger partial charge in [0, 0.05) is 18.0 Å². The molecule has 0 saturated heterocycles. The van der Waals surface area contributed by atoms with Crippen LogP contribution in [0.3, 0.4) is 0 Å². The minimum Gasteiger partial charge on any atom is -0.313 e. The van der Waals surface area contributed by atoms with E-state index in [4.69, 9.17) is 0 Å². The highest BCUT2D eigenvalue weighted by atomic mass is 32.1. The van der Waals surface area contributed by atoms with Crippen LogP contribution in [0, 0.1) is 12.3 Å². The number of hydrogen-bond acceptors (Lipinski definition) is 3. The number of unbranched alkanes of at least 4 members (excludes halogenated alkanes) is 1. The Kier molecular flexibility index (Phi) is 5.40. The normalized spacial score (nSPS) is 18.5. The van der Waals surface area contributed by atoms with Crippen molar-refractivity contribution < 1.29 is 0 Å². The second kappa shape index (κ2) is 6.85. The van der Waals surface area contributed by atoms with Gasteiger partial charge in [-0.2, -0.15) is 0 Å². The van der Waals surface area contributed by atoms with Crippen LogP contribution in [0.1, 0.15) is 63.1 Å². The molecular weight excluding hydrogens is 252 g/mol. The Hall–Kier alpha value is -0.410. The van der Waals surface area contributed by atoms with Crippen LogP contribution in [0.15, 0.2) is 5.38 Å². The third kappa shape index (κ3) is 4.57. The monoisotopic (exact) mass is 280 g/mol. The van der Waals surface area contributed by atoms with E-state index in [2.05, 4.69) is 36.5 Å². The summed E-state index contributed by atoms with van der Waals surface area (Å²) in [5.41, 5.74) is 1.72. The average Bonchev–Trinajstić information content (AvgIpc) is 3.16. The van der Waals surface area contributed by atoms with Gasteiger partial charge in [0.15, 0.2) is 0 Å². The molecule has 0 radical (unpaired) electrons. The maximum atomic E-state index is 4.69. The molecule has 2 nitrogen and oxygen atoms in total. The van der Waals surface area contributed by atoms with Gasteiger partial charge < -0.3 is 5.32 Å².